The van der Waals surface area contributed by atoms with Crippen molar-refractivity contribution >= 4 is 17.5 Å². The molecule has 0 saturated heterocycles. The molecule has 0 fully saturated rings. The summed E-state index contributed by atoms with van der Waals surface area (Å²) in [4.78, 5) is 12.2. The maximum absolute atomic E-state index is 12.2. The van der Waals surface area contributed by atoms with Crippen LogP contribution in [0.2, 0.25) is 5.02 Å². The third-order valence-electron chi connectivity index (χ3n) is 3.24. The summed E-state index contributed by atoms with van der Waals surface area (Å²) in [5.41, 5.74) is 2.70. The van der Waals surface area contributed by atoms with E-state index in [1.165, 1.54) is 0 Å². The maximum atomic E-state index is 12.2. The zero-order valence-electron chi connectivity index (χ0n) is 12.2. The first-order chi connectivity index (χ1) is 10.2. The van der Waals surface area contributed by atoms with Crippen LogP contribution in [-0.4, -0.2) is 30.7 Å². The minimum absolute atomic E-state index is 0.0888. The van der Waals surface area contributed by atoms with Crippen LogP contribution in [0.15, 0.2) is 36.5 Å². The number of ether oxygens (including phenoxy) is 1. The molecule has 0 aliphatic heterocycles. The van der Waals surface area contributed by atoms with Crippen molar-refractivity contribution in [3.8, 4) is 11.1 Å². The Morgan fingerprint density at radius 2 is 2.00 bits per heavy atom. The lowest BCUT2D eigenvalue weighted by molar-refractivity contribution is 0.0928. The summed E-state index contributed by atoms with van der Waals surface area (Å²) in [6.07, 6.45) is 1.98. The van der Waals surface area contributed by atoms with Gasteiger partial charge in [0.2, 0.25) is 0 Å². The lowest BCUT2D eigenvalue weighted by atomic mass is 10.1. The molecule has 2 aromatic rings. The minimum atomic E-state index is -0.0888. The molecule has 1 heterocycles. The number of carbonyl (C=O) groups excluding carboxylic acids is 1. The topological polar surface area (TPSA) is 43.3 Å². The van der Waals surface area contributed by atoms with Gasteiger partial charge in [-0.05, 0) is 30.7 Å². The highest BCUT2D eigenvalue weighted by molar-refractivity contribution is 6.30. The predicted octanol–water partition coefficient (Wildman–Crippen LogP) is 3.20. The van der Waals surface area contributed by atoms with Crippen molar-refractivity contribution in [2.45, 2.75) is 13.5 Å². The number of amides is 1. The van der Waals surface area contributed by atoms with E-state index in [4.69, 9.17) is 16.3 Å². The smallest absolute Gasteiger partial charge is 0.268 e. The van der Waals surface area contributed by atoms with E-state index in [9.17, 15) is 4.79 Å². The first kappa shape index (κ1) is 15.6. The van der Waals surface area contributed by atoms with Crippen molar-refractivity contribution in [3.05, 3.63) is 47.2 Å². The molecule has 4 nitrogen and oxygen atoms in total. The van der Waals surface area contributed by atoms with Gasteiger partial charge in [0.15, 0.2) is 0 Å². The highest BCUT2D eigenvalue weighted by Crippen LogP contribution is 2.24. The first-order valence-electron chi connectivity index (χ1n) is 6.89. The normalized spacial score (nSPS) is 10.6. The van der Waals surface area contributed by atoms with Crippen LogP contribution in [0.5, 0.6) is 0 Å². The largest absolute Gasteiger partial charge is 0.383 e. The van der Waals surface area contributed by atoms with Crippen molar-refractivity contribution in [2.75, 3.05) is 20.3 Å². The number of hydrogen-bond donors (Lipinski definition) is 1. The molecule has 2 rings (SSSR count). The number of aromatic nitrogens is 1. The number of aryl methyl sites for hydroxylation is 1. The van der Waals surface area contributed by atoms with Gasteiger partial charge in [-0.25, -0.2) is 0 Å². The SMILES string of the molecule is CCn1cc(-c2ccc(Cl)cc2)cc1C(=O)NCCOC. The fraction of sp³-hybridized carbons (Fsp3) is 0.312. The van der Waals surface area contributed by atoms with E-state index in [1.54, 1.807) is 7.11 Å². The Balaban J connectivity index is 2.22. The Kier molecular flexibility index (Phi) is 5.42. The summed E-state index contributed by atoms with van der Waals surface area (Å²) < 4.78 is 6.87. The number of nitrogens with zero attached hydrogens (tertiary/aromatic N) is 1. The van der Waals surface area contributed by atoms with E-state index >= 15 is 0 Å². The molecule has 0 unspecified atom stereocenters. The molecule has 1 amide bonds. The van der Waals surface area contributed by atoms with Gasteiger partial charge in [-0.1, -0.05) is 23.7 Å². The average molecular weight is 307 g/mol. The Labute approximate surface area is 129 Å². The van der Waals surface area contributed by atoms with Crippen LogP contribution in [0.3, 0.4) is 0 Å². The molecule has 112 valence electrons. The fourth-order valence-corrected chi connectivity index (χ4v) is 2.25. The summed E-state index contributed by atoms with van der Waals surface area (Å²) in [5, 5.41) is 3.54. The third-order valence-corrected chi connectivity index (χ3v) is 3.49. The molecule has 0 aliphatic rings. The van der Waals surface area contributed by atoms with Crippen LogP contribution in [0.1, 0.15) is 17.4 Å². The van der Waals surface area contributed by atoms with Gasteiger partial charge >= 0.3 is 0 Å². The second-order valence-electron chi connectivity index (χ2n) is 4.66. The molecule has 0 radical (unpaired) electrons. The van der Waals surface area contributed by atoms with Crippen LogP contribution in [0.25, 0.3) is 11.1 Å². The summed E-state index contributed by atoms with van der Waals surface area (Å²) in [6, 6.07) is 9.49. The monoisotopic (exact) mass is 306 g/mol. The molecule has 0 bridgehead atoms. The zero-order chi connectivity index (χ0) is 15.2. The van der Waals surface area contributed by atoms with E-state index in [1.807, 2.05) is 48.0 Å². The van der Waals surface area contributed by atoms with Gasteiger partial charge in [0.1, 0.15) is 5.69 Å². The number of methoxy groups -OCH3 is 1. The number of hydrogen-bond acceptors (Lipinski definition) is 2. The van der Waals surface area contributed by atoms with Crippen LogP contribution >= 0.6 is 11.6 Å². The van der Waals surface area contributed by atoms with Crippen LogP contribution in [0, 0.1) is 0 Å². The summed E-state index contributed by atoms with van der Waals surface area (Å²) >= 11 is 5.90. The van der Waals surface area contributed by atoms with Crippen molar-refractivity contribution in [1.29, 1.82) is 0 Å². The number of rotatable bonds is 6. The van der Waals surface area contributed by atoms with Gasteiger partial charge in [0, 0.05) is 37.0 Å². The first-order valence-corrected chi connectivity index (χ1v) is 7.26. The molecular formula is C16H19ClN2O2. The van der Waals surface area contributed by atoms with Crippen molar-refractivity contribution in [1.82, 2.24) is 9.88 Å². The number of carbonyl (C=O) groups is 1. The predicted molar refractivity (Wildman–Crippen MR) is 84.8 cm³/mol. The Hall–Kier alpha value is -1.78. The minimum Gasteiger partial charge on any atom is -0.383 e. The second-order valence-corrected chi connectivity index (χ2v) is 5.09. The Bertz CT molecular complexity index is 605. The highest BCUT2D eigenvalue weighted by Gasteiger charge is 2.13. The zero-order valence-corrected chi connectivity index (χ0v) is 13.0. The van der Waals surface area contributed by atoms with Gasteiger partial charge in [0.05, 0.1) is 6.61 Å². The Morgan fingerprint density at radius 1 is 1.29 bits per heavy atom. The molecule has 0 atom stereocenters. The summed E-state index contributed by atoms with van der Waals surface area (Å²) in [7, 11) is 1.61. The lowest BCUT2D eigenvalue weighted by Gasteiger charge is -2.06. The van der Waals surface area contributed by atoms with Crippen LogP contribution in [0.4, 0.5) is 0 Å². The van der Waals surface area contributed by atoms with Crippen molar-refractivity contribution < 1.29 is 9.53 Å². The van der Waals surface area contributed by atoms with Crippen LogP contribution in [-0.2, 0) is 11.3 Å². The van der Waals surface area contributed by atoms with Gasteiger partial charge in [0.25, 0.3) is 5.91 Å². The molecule has 1 N–H and O–H groups in total. The molecular weight excluding hydrogens is 288 g/mol. The van der Waals surface area contributed by atoms with E-state index in [-0.39, 0.29) is 5.91 Å². The third kappa shape index (κ3) is 3.86. The fourth-order valence-electron chi connectivity index (χ4n) is 2.12. The standard InChI is InChI=1S/C16H19ClN2O2/c1-3-19-11-13(12-4-6-14(17)7-5-12)10-15(19)16(20)18-8-9-21-2/h4-7,10-11H,3,8-9H2,1-2H3,(H,18,20). The molecule has 0 spiro atoms. The number of halogens is 1. The highest BCUT2D eigenvalue weighted by atomic mass is 35.5. The molecule has 5 heteroatoms. The van der Waals surface area contributed by atoms with E-state index in [0.29, 0.717) is 23.9 Å². The van der Waals surface area contributed by atoms with E-state index < -0.39 is 0 Å². The van der Waals surface area contributed by atoms with Gasteiger partial charge in [-0.15, -0.1) is 0 Å². The van der Waals surface area contributed by atoms with E-state index in [0.717, 1.165) is 17.7 Å². The maximum Gasteiger partial charge on any atom is 0.268 e. The van der Waals surface area contributed by atoms with Crippen LogP contribution < -0.4 is 5.32 Å². The average Bonchev–Trinajstić information content (AvgIpc) is 2.92. The number of nitrogens with one attached hydrogen (secondary N) is 1. The second kappa shape index (κ2) is 7.29. The van der Waals surface area contributed by atoms with Crippen molar-refractivity contribution in [3.63, 3.8) is 0 Å². The molecule has 1 aromatic heterocycles. The molecule has 0 saturated carbocycles. The lowest BCUT2D eigenvalue weighted by Crippen LogP contribution is -2.28. The molecule has 21 heavy (non-hydrogen) atoms. The molecule has 0 aliphatic carbocycles. The summed E-state index contributed by atoms with van der Waals surface area (Å²) in [6.45, 7) is 3.75. The van der Waals surface area contributed by atoms with Gasteiger partial charge in [-0.2, -0.15) is 0 Å². The quantitative estimate of drug-likeness (QED) is 0.833. The van der Waals surface area contributed by atoms with Gasteiger partial charge < -0.3 is 14.6 Å². The van der Waals surface area contributed by atoms with E-state index in [2.05, 4.69) is 5.32 Å². The summed E-state index contributed by atoms with van der Waals surface area (Å²) in [5.74, 6) is -0.0888. The molecule has 1 aromatic carbocycles. The van der Waals surface area contributed by atoms with Gasteiger partial charge in [-0.3, -0.25) is 4.79 Å². The Morgan fingerprint density at radius 3 is 2.62 bits per heavy atom. The number of benzene rings is 1. The van der Waals surface area contributed by atoms with Crippen molar-refractivity contribution in [2.24, 2.45) is 0 Å².